The molecule has 6 heteroatoms. The molecule has 0 aliphatic rings. The molecule has 0 rings (SSSR count). The second-order valence-corrected chi connectivity index (χ2v) is 6.05. The van der Waals surface area contributed by atoms with E-state index in [1.54, 1.807) is 21.6 Å². The van der Waals surface area contributed by atoms with Crippen LogP contribution in [0.4, 0.5) is 0 Å². The molecule has 0 aliphatic heterocycles. The molecular formula is C10H18O4S2. The minimum atomic E-state index is -0.748. The standard InChI is InChI=1S/C10H18O4S2/c11-9(12)5-3-1-2-4-7-15-16-8-6-10(13)14/h1-8H2,(H,11,12)(H,13,14). The lowest BCUT2D eigenvalue weighted by atomic mass is 10.2. The van der Waals surface area contributed by atoms with Crippen LogP contribution < -0.4 is 0 Å². The summed E-state index contributed by atoms with van der Waals surface area (Å²) in [7, 11) is 3.29. The van der Waals surface area contributed by atoms with Gasteiger partial charge in [0, 0.05) is 17.9 Å². The molecule has 0 spiro atoms. The summed E-state index contributed by atoms with van der Waals surface area (Å²) in [6, 6.07) is 0. The first-order chi connectivity index (χ1) is 7.63. The highest BCUT2D eigenvalue weighted by Gasteiger charge is 1.98. The van der Waals surface area contributed by atoms with Gasteiger partial charge in [-0.05, 0) is 12.8 Å². The quantitative estimate of drug-likeness (QED) is 0.442. The van der Waals surface area contributed by atoms with Crippen molar-refractivity contribution in [1.29, 1.82) is 0 Å². The third-order valence-electron chi connectivity index (χ3n) is 1.85. The second kappa shape index (κ2) is 11.1. The van der Waals surface area contributed by atoms with Crippen LogP contribution in [-0.4, -0.2) is 33.7 Å². The minimum Gasteiger partial charge on any atom is -0.481 e. The maximum Gasteiger partial charge on any atom is 0.304 e. The third kappa shape index (κ3) is 13.6. The van der Waals surface area contributed by atoms with Crippen molar-refractivity contribution < 1.29 is 19.8 Å². The molecule has 0 aromatic rings. The summed E-state index contributed by atoms with van der Waals surface area (Å²) in [5.74, 6) is 0.191. The Bertz CT molecular complexity index is 187. The zero-order chi connectivity index (χ0) is 12.2. The van der Waals surface area contributed by atoms with Gasteiger partial charge in [0.05, 0.1) is 6.42 Å². The molecule has 0 bridgehead atoms. The number of hydrogen-bond donors (Lipinski definition) is 2. The van der Waals surface area contributed by atoms with Crippen molar-refractivity contribution in [1.82, 2.24) is 0 Å². The van der Waals surface area contributed by atoms with E-state index in [9.17, 15) is 9.59 Å². The summed E-state index contributed by atoms with van der Waals surface area (Å²) in [5.41, 5.74) is 0. The average Bonchev–Trinajstić information content (AvgIpc) is 2.20. The summed E-state index contributed by atoms with van der Waals surface area (Å²) < 4.78 is 0. The van der Waals surface area contributed by atoms with E-state index in [4.69, 9.17) is 10.2 Å². The molecule has 0 aromatic heterocycles. The number of carboxylic acids is 2. The molecule has 4 nitrogen and oxygen atoms in total. The Kier molecular flexibility index (Phi) is 10.9. The first-order valence-electron chi connectivity index (χ1n) is 5.31. The predicted octanol–water partition coefficient (Wildman–Crippen LogP) is 2.88. The highest BCUT2D eigenvalue weighted by atomic mass is 33.1. The molecule has 0 heterocycles. The van der Waals surface area contributed by atoms with Gasteiger partial charge in [0.15, 0.2) is 0 Å². The zero-order valence-corrected chi connectivity index (χ0v) is 10.8. The van der Waals surface area contributed by atoms with Gasteiger partial charge in [0.25, 0.3) is 0 Å². The van der Waals surface area contributed by atoms with Crippen LogP contribution in [-0.2, 0) is 9.59 Å². The monoisotopic (exact) mass is 266 g/mol. The lowest BCUT2D eigenvalue weighted by Gasteiger charge is -2.00. The van der Waals surface area contributed by atoms with Gasteiger partial charge in [-0.25, -0.2) is 0 Å². The van der Waals surface area contributed by atoms with Crippen molar-refractivity contribution in [2.24, 2.45) is 0 Å². The predicted molar refractivity (Wildman–Crippen MR) is 67.9 cm³/mol. The zero-order valence-electron chi connectivity index (χ0n) is 9.18. The molecule has 0 radical (unpaired) electrons. The van der Waals surface area contributed by atoms with E-state index in [-0.39, 0.29) is 12.8 Å². The van der Waals surface area contributed by atoms with Crippen LogP contribution in [0.3, 0.4) is 0 Å². The lowest BCUT2D eigenvalue weighted by molar-refractivity contribution is -0.137. The fourth-order valence-electron chi connectivity index (χ4n) is 1.04. The Morgan fingerprint density at radius 2 is 1.31 bits per heavy atom. The van der Waals surface area contributed by atoms with Gasteiger partial charge in [-0.2, -0.15) is 0 Å². The Hall–Kier alpha value is -0.360. The van der Waals surface area contributed by atoms with Crippen molar-refractivity contribution in [2.75, 3.05) is 11.5 Å². The normalized spacial score (nSPS) is 10.2. The van der Waals surface area contributed by atoms with E-state index in [0.717, 1.165) is 31.4 Å². The molecular weight excluding hydrogens is 248 g/mol. The molecule has 2 N–H and O–H groups in total. The van der Waals surface area contributed by atoms with Crippen molar-refractivity contribution in [3.05, 3.63) is 0 Å². The fraction of sp³-hybridized carbons (Fsp3) is 0.800. The van der Waals surface area contributed by atoms with Gasteiger partial charge < -0.3 is 10.2 Å². The molecule has 0 aromatic carbocycles. The summed E-state index contributed by atoms with van der Waals surface area (Å²) in [5, 5.41) is 16.8. The third-order valence-corrected chi connectivity index (χ3v) is 4.34. The number of unbranched alkanes of at least 4 members (excludes halogenated alkanes) is 3. The number of aliphatic carboxylic acids is 2. The van der Waals surface area contributed by atoms with Gasteiger partial charge in [-0.1, -0.05) is 34.4 Å². The molecule has 94 valence electrons. The van der Waals surface area contributed by atoms with Crippen molar-refractivity contribution >= 4 is 33.5 Å². The highest BCUT2D eigenvalue weighted by Crippen LogP contribution is 2.23. The van der Waals surface area contributed by atoms with Crippen LogP contribution in [0.25, 0.3) is 0 Å². The Morgan fingerprint density at radius 1 is 0.750 bits per heavy atom. The molecule has 0 fully saturated rings. The van der Waals surface area contributed by atoms with Crippen molar-refractivity contribution in [3.8, 4) is 0 Å². The Labute approximate surface area is 104 Å². The van der Waals surface area contributed by atoms with Gasteiger partial charge in [0.1, 0.15) is 0 Å². The number of rotatable bonds is 11. The van der Waals surface area contributed by atoms with E-state index >= 15 is 0 Å². The molecule has 0 amide bonds. The maximum atomic E-state index is 10.2. The van der Waals surface area contributed by atoms with Crippen LogP contribution in [0.5, 0.6) is 0 Å². The largest absolute Gasteiger partial charge is 0.481 e. The molecule has 0 unspecified atom stereocenters. The van der Waals surface area contributed by atoms with Gasteiger partial charge in [-0.3, -0.25) is 9.59 Å². The van der Waals surface area contributed by atoms with Gasteiger partial charge >= 0.3 is 11.9 Å². The summed E-state index contributed by atoms with van der Waals surface area (Å²) in [6.45, 7) is 0. The molecule has 0 atom stereocenters. The SMILES string of the molecule is O=C(O)CCCCCCSSCCC(=O)O. The minimum absolute atomic E-state index is 0.219. The maximum absolute atomic E-state index is 10.2. The van der Waals surface area contributed by atoms with Crippen LogP contribution in [0.15, 0.2) is 0 Å². The molecule has 0 saturated carbocycles. The molecule has 0 aliphatic carbocycles. The van der Waals surface area contributed by atoms with Gasteiger partial charge in [-0.15, -0.1) is 0 Å². The lowest BCUT2D eigenvalue weighted by Crippen LogP contribution is -1.95. The summed E-state index contributed by atoms with van der Waals surface area (Å²) >= 11 is 0. The van der Waals surface area contributed by atoms with E-state index in [1.807, 2.05) is 0 Å². The Balaban J connectivity index is 2.98. The molecule has 16 heavy (non-hydrogen) atoms. The number of carboxylic acid groups (broad SMARTS) is 2. The van der Waals surface area contributed by atoms with Crippen molar-refractivity contribution in [3.63, 3.8) is 0 Å². The van der Waals surface area contributed by atoms with Crippen molar-refractivity contribution in [2.45, 2.75) is 38.5 Å². The first-order valence-corrected chi connectivity index (χ1v) is 7.79. The second-order valence-electron chi connectivity index (χ2n) is 3.35. The van der Waals surface area contributed by atoms with Crippen LogP contribution in [0.2, 0.25) is 0 Å². The highest BCUT2D eigenvalue weighted by molar-refractivity contribution is 8.76. The summed E-state index contributed by atoms with van der Waals surface area (Å²) in [4.78, 5) is 20.4. The van der Waals surface area contributed by atoms with Crippen LogP contribution in [0.1, 0.15) is 38.5 Å². The van der Waals surface area contributed by atoms with Crippen LogP contribution >= 0.6 is 21.6 Å². The smallest absolute Gasteiger partial charge is 0.304 e. The Morgan fingerprint density at radius 3 is 1.94 bits per heavy atom. The number of hydrogen-bond acceptors (Lipinski definition) is 4. The van der Waals surface area contributed by atoms with Crippen LogP contribution in [0, 0.1) is 0 Å². The van der Waals surface area contributed by atoms with E-state index in [1.165, 1.54) is 0 Å². The summed E-state index contributed by atoms with van der Waals surface area (Å²) in [6.07, 6.45) is 4.33. The number of carbonyl (C=O) groups is 2. The van der Waals surface area contributed by atoms with E-state index in [2.05, 4.69) is 0 Å². The molecule has 0 saturated heterocycles. The van der Waals surface area contributed by atoms with E-state index < -0.39 is 11.9 Å². The topological polar surface area (TPSA) is 74.6 Å². The first kappa shape index (κ1) is 15.6. The van der Waals surface area contributed by atoms with Gasteiger partial charge in [0.2, 0.25) is 0 Å². The average molecular weight is 266 g/mol. The fourth-order valence-corrected chi connectivity index (χ4v) is 3.16. The van der Waals surface area contributed by atoms with E-state index in [0.29, 0.717) is 5.75 Å².